The summed E-state index contributed by atoms with van der Waals surface area (Å²) in [6.45, 7) is 1.40. The number of thioether (sulfide) groups is 1. The van der Waals surface area contributed by atoms with Crippen LogP contribution in [0.1, 0.15) is 12.8 Å². The highest BCUT2D eigenvalue weighted by Gasteiger charge is 2.23. The Bertz CT molecular complexity index is 923. The number of carbonyl (C=O) groups is 1. The normalized spacial score (nSPS) is 16.4. The summed E-state index contributed by atoms with van der Waals surface area (Å²) in [5.74, 6) is 1.82. The van der Waals surface area contributed by atoms with Crippen molar-refractivity contribution in [1.82, 2.24) is 19.7 Å². The van der Waals surface area contributed by atoms with E-state index in [0.717, 1.165) is 23.9 Å². The lowest BCUT2D eigenvalue weighted by Gasteiger charge is -2.13. The Kier molecular flexibility index (Phi) is 6.08. The Balaban J connectivity index is 1.45. The standard InChI is InChI=1S/C18H18BrN5O3S/c19-12-5-6-15(20-9-12)21-16(25)11-28-18-23-22-17(14-4-2-8-27-14)24(18)10-13-3-1-7-26-13/h2,4-6,8-9,13H,1,3,7,10-11H2,(H,20,21,25). The number of rotatable bonds is 7. The SMILES string of the molecule is O=C(CSc1nnc(-c2ccco2)n1CC1CCCO1)Nc1ccc(Br)cn1. The molecule has 4 rings (SSSR count). The number of ether oxygens (including phenoxy) is 1. The second-order valence-corrected chi connectivity index (χ2v) is 8.09. The summed E-state index contributed by atoms with van der Waals surface area (Å²) in [4.78, 5) is 16.4. The van der Waals surface area contributed by atoms with Gasteiger partial charge in [-0.2, -0.15) is 0 Å². The van der Waals surface area contributed by atoms with Gasteiger partial charge in [0.1, 0.15) is 5.82 Å². The maximum atomic E-state index is 12.3. The van der Waals surface area contributed by atoms with Gasteiger partial charge in [-0.15, -0.1) is 10.2 Å². The lowest BCUT2D eigenvalue weighted by atomic mass is 10.2. The van der Waals surface area contributed by atoms with Crippen LogP contribution in [0.25, 0.3) is 11.6 Å². The molecule has 3 aromatic rings. The second-order valence-electron chi connectivity index (χ2n) is 6.23. The summed E-state index contributed by atoms with van der Waals surface area (Å²) in [5, 5.41) is 12.0. The fourth-order valence-electron chi connectivity index (χ4n) is 2.90. The van der Waals surface area contributed by atoms with Crippen LogP contribution in [0.2, 0.25) is 0 Å². The fourth-order valence-corrected chi connectivity index (χ4v) is 3.88. The molecule has 1 N–H and O–H groups in total. The number of amides is 1. The summed E-state index contributed by atoms with van der Waals surface area (Å²) < 4.78 is 14.1. The van der Waals surface area contributed by atoms with E-state index in [-0.39, 0.29) is 17.8 Å². The molecule has 1 amide bonds. The number of hydrogen-bond acceptors (Lipinski definition) is 7. The van der Waals surface area contributed by atoms with Crippen molar-refractivity contribution < 1.29 is 13.9 Å². The zero-order chi connectivity index (χ0) is 19.3. The summed E-state index contributed by atoms with van der Waals surface area (Å²) in [6, 6.07) is 7.22. The van der Waals surface area contributed by atoms with E-state index in [9.17, 15) is 4.79 Å². The number of nitrogens with one attached hydrogen (secondary N) is 1. The van der Waals surface area contributed by atoms with Crippen molar-refractivity contribution in [3.63, 3.8) is 0 Å². The van der Waals surface area contributed by atoms with Crippen molar-refractivity contribution in [3.8, 4) is 11.6 Å². The van der Waals surface area contributed by atoms with Crippen LogP contribution in [0.3, 0.4) is 0 Å². The Hall–Kier alpha value is -2.17. The molecule has 0 aliphatic carbocycles. The maximum absolute atomic E-state index is 12.3. The first-order chi connectivity index (χ1) is 13.7. The molecular formula is C18H18BrN5O3S. The quantitative estimate of drug-likeness (QED) is 0.534. The van der Waals surface area contributed by atoms with E-state index < -0.39 is 0 Å². The largest absolute Gasteiger partial charge is 0.461 e. The van der Waals surface area contributed by atoms with Gasteiger partial charge in [-0.25, -0.2) is 4.98 Å². The topological polar surface area (TPSA) is 95.1 Å². The minimum Gasteiger partial charge on any atom is -0.461 e. The molecule has 1 saturated heterocycles. The van der Waals surface area contributed by atoms with Crippen molar-refractivity contribution >= 4 is 39.4 Å². The molecule has 1 aliphatic rings. The average Bonchev–Trinajstić information content (AvgIpc) is 3.44. The molecule has 1 aliphatic heterocycles. The van der Waals surface area contributed by atoms with Gasteiger partial charge in [-0.05, 0) is 53.0 Å². The Morgan fingerprint density at radius 2 is 2.29 bits per heavy atom. The van der Waals surface area contributed by atoms with Gasteiger partial charge in [-0.3, -0.25) is 9.36 Å². The number of carbonyl (C=O) groups excluding carboxylic acids is 1. The highest BCUT2D eigenvalue weighted by molar-refractivity contribution is 9.10. The van der Waals surface area contributed by atoms with Crippen molar-refractivity contribution in [2.24, 2.45) is 0 Å². The number of furan rings is 1. The molecule has 4 heterocycles. The summed E-state index contributed by atoms with van der Waals surface area (Å²) >= 11 is 4.64. The molecule has 1 atom stereocenters. The molecule has 8 nitrogen and oxygen atoms in total. The Morgan fingerprint density at radius 1 is 1.36 bits per heavy atom. The van der Waals surface area contributed by atoms with E-state index in [1.54, 1.807) is 18.5 Å². The van der Waals surface area contributed by atoms with Gasteiger partial charge in [0.15, 0.2) is 10.9 Å². The minimum atomic E-state index is -0.161. The number of anilines is 1. The second kappa shape index (κ2) is 8.89. The van der Waals surface area contributed by atoms with Crippen LogP contribution in [0.4, 0.5) is 5.82 Å². The number of hydrogen-bond donors (Lipinski definition) is 1. The van der Waals surface area contributed by atoms with E-state index in [0.29, 0.717) is 29.1 Å². The van der Waals surface area contributed by atoms with Gasteiger partial charge in [0.05, 0.1) is 24.7 Å². The van der Waals surface area contributed by atoms with Crippen molar-refractivity contribution in [1.29, 1.82) is 0 Å². The average molecular weight is 464 g/mol. The molecular weight excluding hydrogens is 446 g/mol. The van der Waals surface area contributed by atoms with E-state index in [1.807, 2.05) is 22.8 Å². The molecule has 0 aromatic carbocycles. The summed E-state index contributed by atoms with van der Waals surface area (Å²) in [7, 11) is 0. The lowest BCUT2D eigenvalue weighted by Crippen LogP contribution is -2.18. The van der Waals surface area contributed by atoms with E-state index in [1.165, 1.54) is 11.8 Å². The molecule has 3 aromatic heterocycles. The van der Waals surface area contributed by atoms with Crippen LogP contribution < -0.4 is 5.32 Å². The molecule has 10 heteroatoms. The number of aromatic nitrogens is 4. The van der Waals surface area contributed by atoms with Crippen LogP contribution in [0, 0.1) is 0 Å². The highest BCUT2D eigenvalue weighted by Crippen LogP contribution is 2.27. The van der Waals surface area contributed by atoms with Crippen LogP contribution in [-0.2, 0) is 16.1 Å². The number of nitrogens with zero attached hydrogens (tertiary/aromatic N) is 4. The molecule has 1 fully saturated rings. The van der Waals surface area contributed by atoms with Gasteiger partial charge in [-0.1, -0.05) is 11.8 Å². The van der Waals surface area contributed by atoms with Gasteiger partial charge in [0.25, 0.3) is 0 Å². The highest BCUT2D eigenvalue weighted by atomic mass is 79.9. The van der Waals surface area contributed by atoms with E-state index in [4.69, 9.17) is 9.15 Å². The first-order valence-corrected chi connectivity index (χ1v) is 10.6. The van der Waals surface area contributed by atoms with Crippen LogP contribution in [0.5, 0.6) is 0 Å². The van der Waals surface area contributed by atoms with Gasteiger partial charge in [0, 0.05) is 17.3 Å². The van der Waals surface area contributed by atoms with Crippen LogP contribution in [0.15, 0.2) is 50.8 Å². The smallest absolute Gasteiger partial charge is 0.236 e. The third kappa shape index (κ3) is 4.62. The molecule has 0 radical (unpaired) electrons. The van der Waals surface area contributed by atoms with Crippen molar-refractivity contribution in [2.45, 2.75) is 30.6 Å². The van der Waals surface area contributed by atoms with E-state index in [2.05, 4.69) is 36.4 Å². The zero-order valence-electron chi connectivity index (χ0n) is 14.9. The third-order valence-electron chi connectivity index (χ3n) is 4.20. The van der Waals surface area contributed by atoms with Gasteiger partial charge in [0.2, 0.25) is 11.7 Å². The zero-order valence-corrected chi connectivity index (χ0v) is 17.3. The molecule has 146 valence electrons. The van der Waals surface area contributed by atoms with Crippen molar-refractivity contribution in [3.05, 3.63) is 41.2 Å². The first-order valence-electron chi connectivity index (χ1n) is 8.82. The van der Waals surface area contributed by atoms with Crippen LogP contribution >= 0.6 is 27.7 Å². The summed E-state index contributed by atoms with van der Waals surface area (Å²) in [6.07, 6.45) is 5.40. The molecule has 0 bridgehead atoms. The lowest BCUT2D eigenvalue weighted by molar-refractivity contribution is -0.113. The fraction of sp³-hybridized carbons (Fsp3) is 0.333. The number of pyridine rings is 1. The van der Waals surface area contributed by atoms with E-state index >= 15 is 0 Å². The molecule has 0 spiro atoms. The Labute approximate surface area is 174 Å². The summed E-state index contributed by atoms with van der Waals surface area (Å²) in [5.41, 5.74) is 0. The molecule has 28 heavy (non-hydrogen) atoms. The molecule has 1 unspecified atom stereocenters. The maximum Gasteiger partial charge on any atom is 0.236 e. The molecule has 0 saturated carbocycles. The number of halogens is 1. The Morgan fingerprint density at radius 3 is 3.00 bits per heavy atom. The van der Waals surface area contributed by atoms with Crippen molar-refractivity contribution in [2.75, 3.05) is 17.7 Å². The van der Waals surface area contributed by atoms with Gasteiger partial charge >= 0.3 is 0 Å². The monoisotopic (exact) mass is 463 g/mol. The van der Waals surface area contributed by atoms with Gasteiger partial charge < -0.3 is 14.5 Å². The first kappa shape index (κ1) is 19.2. The predicted octanol–water partition coefficient (Wildman–Crippen LogP) is 3.61. The van der Waals surface area contributed by atoms with Crippen LogP contribution in [-0.4, -0.2) is 44.1 Å². The minimum absolute atomic E-state index is 0.116. The third-order valence-corrected chi connectivity index (χ3v) is 5.63. The predicted molar refractivity (Wildman–Crippen MR) is 108 cm³/mol.